The Bertz CT molecular complexity index is 566. The zero-order valence-corrected chi connectivity index (χ0v) is 8.62. The molecule has 1 aromatic carbocycles. The van der Waals surface area contributed by atoms with Crippen molar-refractivity contribution in [2.24, 2.45) is 0 Å². The van der Waals surface area contributed by atoms with E-state index < -0.39 is 17.6 Å². The standard InChI is InChI=1S/C8H3F4NS2/c9-4-2-1-3(8(10,11)12)5-6(4)15-7(14)13-5/h1-2H,(H,13,14). The Morgan fingerprint density at radius 1 is 1.27 bits per heavy atom. The van der Waals surface area contributed by atoms with E-state index in [1.54, 1.807) is 0 Å². The Kier molecular flexibility index (Phi) is 2.31. The summed E-state index contributed by atoms with van der Waals surface area (Å²) in [4.78, 5) is 2.35. The lowest BCUT2D eigenvalue weighted by molar-refractivity contribution is -0.136. The van der Waals surface area contributed by atoms with E-state index in [9.17, 15) is 17.6 Å². The van der Waals surface area contributed by atoms with Crippen LogP contribution in [0.2, 0.25) is 0 Å². The first-order valence-corrected chi connectivity index (χ1v) is 5.00. The van der Waals surface area contributed by atoms with Crippen LogP contribution in [0.25, 0.3) is 10.2 Å². The number of thiazole rings is 1. The summed E-state index contributed by atoms with van der Waals surface area (Å²) in [6.45, 7) is 0. The van der Waals surface area contributed by atoms with Gasteiger partial charge < -0.3 is 4.98 Å². The van der Waals surface area contributed by atoms with Crippen LogP contribution in [-0.4, -0.2) is 4.98 Å². The molecule has 2 aromatic rings. The number of aromatic nitrogens is 1. The van der Waals surface area contributed by atoms with Crippen LogP contribution in [0, 0.1) is 9.77 Å². The smallest absolute Gasteiger partial charge is 0.336 e. The van der Waals surface area contributed by atoms with Gasteiger partial charge in [0.05, 0.1) is 15.8 Å². The molecule has 0 radical (unpaired) electrons. The van der Waals surface area contributed by atoms with Gasteiger partial charge in [0.15, 0.2) is 3.95 Å². The lowest BCUT2D eigenvalue weighted by Gasteiger charge is -2.07. The third kappa shape index (κ3) is 1.76. The van der Waals surface area contributed by atoms with Gasteiger partial charge in [0, 0.05) is 0 Å². The highest BCUT2D eigenvalue weighted by Crippen LogP contribution is 2.36. The summed E-state index contributed by atoms with van der Waals surface area (Å²) in [5.74, 6) is -0.699. The quantitative estimate of drug-likeness (QED) is 0.551. The molecule has 2 rings (SSSR count). The number of nitrogens with one attached hydrogen (secondary N) is 1. The van der Waals surface area contributed by atoms with Crippen LogP contribution in [0.5, 0.6) is 0 Å². The van der Waals surface area contributed by atoms with Crippen molar-refractivity contribution < 1.29 is 17.6 Å². The third-order valence-corrected chi connectivity index (χ3v) is 3.08. The van der Waals surface area contributed by atoms with Crippen LogP contribution < -0.4 is 0 Å². The molecule has 7 heteroatoms. The second-order valence-electron chi connectivity index (χ2n) is 2.81. The van der Waals surface area contributed by atoms with Gasteiger partial charge in [-0.15, -0.1) is 11.3 Å². The number of alkyl halides is 3. The first-order valence-electron chi connectivity index (χ1n) is 3.78. The van der Waals surface area contributed by atoms with Crippen molar-refractivity contribution in [1.29, 1.82) is 0 Å². The number of fused-ring (bicyclic) bond motifs is 1. The number of hydrogen-bond acceptors (Lipinski definition) is 2. The van der Waals surface area contributed by atoms with E-state index in [1.165, 1.54) is 0 Å². The van der Waals surface area contributed by atoms with Crippen molar-refractivity contribution in [2.45, 2.75) is 6.18 Å². The van der Waals surface area contributed by atoms with E-state index in [1.807, 2.05) is 0 Å². The van der Waals surface area contributed by atoms with Gasteiger partial charge in [-0.25, -0.2) is 4.39 Å². The highest BCUT2D eigenvalue weighted by molar-refractivity contribution is 7.73. The van der Waals surface area contributed by atoms with Crippen LogP contribution in [0.1, 0.15) is 5.56 Å². The molecule has 1 aromatic heterocycles. The largest absolute Gasteiger partial charge is 0.418 e. The minimum Gasteiger partial charge on any atom is -0.336 e. The molecule has 1 N–H and O–H groups in total. The average molecular weight is 253 g/mol. The number of benzene rings is 1. The van der Waals surface area contributed by atoms with E-state index in [-0.39, 0.29) is 14.2 Å². The molecule has 0 fully saturated rings. The number of rotatable bonds is 0. The van der Waals surface area contributed by atoms with E-state index in [0.29, 0.717) is 6.07 Å². The summed E-state index contributed by atoms with van der Waals surface area (Å²) in [7, 11) is 0. The maximum absolute atomic E-state index is 13.1. The highest BCUT2D eigenvalue weighted by Gasteiger charge is 2.33. The van der Waals surface area contributed by atoms with E-state index in [4.69, 9.17) is 0 Å². The predicted octanol–water partition coefficient (Wildman–Crippen LogP) is 4.12. The molecule has 1 nitrogen and oxygen atoms in total. The first kappa shape index (κ1) is 10.6. The van der Waals surface area contributed by atoms with Gasteiger partial charge in [0.1, 0.15) is 5.82 Å². The zero-order valence-electron chi connectivity index (χ0n) is 6.98. The molecule has 0 unspecified atom stereocenters. The first-order chi connectivity index (χ1) is 6.89. The topological polar surface area (TPSA) is 15.8 Å². The monoisotopic (exact) mass is 253 g/mol. The Balaban J connectivity index is 2.89. The molecule has 0 atom stereocenters. The summed E-state index contributed by atoms with van der Waals surface area (Å²) in [5, 5.41) is 0. The van der Waals surface area contributed by atoms with Gasteiger partial charge in [0.25, 0.3) is 0 Å². The molecule has 80 valence electrons. The Morgan fingerprint density at radius 2 is 1.93 bits per heavy atom. The molecule has 0 aliphatic heterocycles. The van der Waals surface area contributed by atoms with Crippen molar-refractivity contribution in [3.63, 3.8) is 0 Å². The van der Waals surface area contributed by atoms with Crippen LogP contribution in [0.4, 0.5) is 17.6 Å². The van der Waals surface area contributed by atoms with Crippen molar-refractivity contribution in [2.75, 3.05) is 0 Å². The molecule has 0 bridgehead atoms. The minimum absolute atomic E-state index is 0.0881. The maximum Gasteiger partial charge on any atom is 0.418 e. The minimum atomic E-state index is -4.51. The summed E-state index contributed by atoms with van der Waals surface area (Å²) >= 11 is 5.48. The molecule has 1 heterocycles. The summed E-state index contributed by atoms with van der Waals surface area (Å²) in [6.07, 6.45) is -4.51. The van der Waals surface area contributed by atoms with Crippen molar-refractivity contribution in [3.05, 3.63) is 27.5 Å². The molecule has 0 saturated carbocycles. The number of aromatic amines is 1. The van der Waals surface area contributed by atoms with Crippen molar-refractivity contribution in [1.82, 2.24) is 4.98 Å². The number of hydrogen-bond donors (Lipinski definition) is 1. The Morgan fingerprint density at radius 3 is 2.53 bits per heavy atom. The van der Waals surface area contributed by atoms with Crippen LogP contribution >= 0.6 is 23.6 Å². The molecule has 0 amide bonds. The second-order valence-corrected chi connectivity index (χ2v) is 4.50. The summed E-state index contributed by atoms with van der Waals surface area (Å²) < 4.78 is 50.6. The van der Waals surface area contributed by atoms with Gasteiger partial charge in [-0.3, -0.25) is 0 Å². The lowest BCUT2D eigenvalue weighted by atomic mass is 10.2. The lowest BCUT2D eigenvalue weighted by Crippen LogP contribution is -2.05. The Hall–Kier alpha value is -0.950. The molecule has 15 heavy (non-hydrogen) atoms. The van der Waals surface area contributed by atoms with Gasteiger partial charge in [0.2, 0.25) is 0 Å². The highest BCUT2D eigenvalue weighted by atomic mass is 32.1. The fourth-order valence-electron chi connectivity index (χ4n) is 1.24. The molecular formula is C8H3F4NS2. The molecule has 0 spiro atoms. The van der Waals surface area contributed by atoms with Gasteiger partial charge in [-0.05, 0) is 24.4 Å². The number of H-pyrrole nitrogens is 1. The van der Waals surface area contributed by atoms with Gasteiger partial charge >= 0.3 is 6.18 Å². The molecule has 0 aliphatic rings. The zero-order chi connectivity index (χ0) is 11.2. The Labute approximate surface area is 90.4 Å². The normalized spacial score (nSPS) is 12.3. The average Bonchev–Trinajstić information content (AvgIpc) is 2.45. The van der Waals surface area contributed by atoms with E-state index in [0.717, 1.165) is 17.4 Å². The van der Waals surface area contributed by atoms with E-state index in [2.05, 4.69) is 17.2 Å². The summed E-state index contributed by atoms with van der Waals surface area (Å²) in [5.41, 5.74) is -1.18. The van der Waals surface area contributed by atoms with Crippen LogP contribution in [0.15, 0.2) is 12.1 Å². The van der Waals surface area contributed by atoms with Crippen LogP contribution in [0.3, 0.4) is 0 Å². The van der Waals surface area contributed by atoms with Gasteiger partial charge in [-0.2, -0.15) is 13.2 Å². The fourth-order valence-corrected chi connectivity index (χ4v) is 2.36. The molecular weight excluding hydrogens is 250 g/mol. The maximum atomic E-state index is 13.1. The van der Waals surface area contributed by atoms with Crippen molar-refractivity contribution in [3.8, 4) is 0 Å². The number of halogens is 4. The predicted molar refractivity (Wildman–Crippen MR) is 52.0 cm³/mol. The summed E-state index contributed by atoms with van der Waals surface area (Å²) in [6, 6.07) is 1.50. The second kappa shape index (κ2) is 3.28. The molecule has 0 aliphatic carbocycles. The molecule has 0 saturated heterocycles. The van der Waals surface area contributed by atoms with E-state index >= 15 is 0 Å². The van der Waals surface area contributed by atoms with Gasteiger partial charge in [-0.1, -0.05) is 0 Å². The SMILES string of the molecule is Fc1ccc(C(F)(F)F)c2[nH]c(=S)sc12. The van der Waals surface area contributed by atoms with Crippen molar-refractivity contribution >= 4 is 33.8 Å². The fraction of sp³-hybridized carbons (Fsp3) is 0.125. The third-order valence-electron chi connectivity index (χ3n) is 1.84. The van der Waals surface area contributed by atoms with Crippen LogP contribution in [-0.2, 0) is 6.18 Å².